The average Bonchev–Trinajstić information content (AvgIpc) is 3.21. The number of amides is 1. The summed E-state index contributed by atoms with van der Waals surface area (Å²) in [6.45, 7) is 3.91. The first-order chi connectivity index (χ1) is 16.5. The van der Waals surface area contributed by atoms with E-state index in [0.29, 0.717) is 29.4 Å². The molecule has 3 aliphatic heterocycles. The van der Waals surface area contributed by atoms with E-state index in [1.807, 2.05) is 24.1 Å². The zero-order chi connectivity index (χ0) is 23.8. The minimum atomic E-state index is -0.358. The molecular weight excluding hydrogens is 430 g/mol. The van der Waals surface area contributed by atoms with E-state index >= 15 is 0 Å². The van der Waals surface area contributed by atoms with Gasteiger partial charge in [-0.3, -0.25) is 14.8 Å². The second kappa shape index (κ2) is 9.52. The van der Waals surface area contributed by atoms with Crippen molar-refractivity contribution < 1.29 is 9.53 Å². The number of hydrogen-bond donors (Lipinski definition) is 1. The van der Waals surface area contributed by atoms with E-state index in [4.69, 9.17) is 19.8 Å². The van der Waals surface area contributed by atoms with Crippen molar-refractivity contribution in [2.24, 2.45) is 10.1 Å². The molecule has 34 heavy (non-hydrogen) atoms. The second-order valence-corrected chi connectivity index (χ2v) is 10.2. The number of anilines is 1. The smallest absolute Gasteiger partial charge is 0.252 e. The minimum Gasteiger partial charge on any atom is -0.480 e. The third kappa shape index (κ3) is 4.26. The Balaban J connectivity index is 1.36. The van der Waals surface area contributed by atoms with Crippen LogP contribution >= 0.6 is 0 Å². The minimum absolute atomic E-state index is 0.0435. The molecule has 9 nitrogen and oxygen atoms in total. The Morgan fingerprint density at radius 1 is 1.09 bits per heavy atom. The van der Waals surface area contributed by atoms with E-state index < -0.39 is 0 Å². The lowest BCUT2D eigenvalue weighted by molar-refractivity contribution is -0.126. The normalized spacial score (nSPS) is 26.3. The van der Waals surface area contributed by atoms with Crippen LogP contribution < -0.4 is 15.0 Å². The fourth-order valence-corrected chi connectivity index (χ4v) is 5.81. The third-order valence-electron chi connectivity index (χ3n) is 7.83. The molecule has 0 bridgehead atoms. The second-order valence-electron chi connectivity index (χ2n) is 10.2. The van der Waals surface area contributed by atoms with Gasteiger partial charge < -0.3 is 19.9 Å². The summed E-state index contributed by atoms with van der Waals surface area (Å²) in [7, 11) is 5.91. The Labute approximate surface area is 202 Å². The van der Waals surface area contributed by atoms with Gasteiger partial charge in [0.1, 0.15) is 17.7 Å². The molecule has 2 atom stereocenters. The molecule has 5 rings (SSSR count). The van der Waals surface area contributed by atoms with E-state index in [1.165, 1.54) is 19.3 Å². The van der Waals surface area contributed by atoms with Crippen LogP contribution in [0.2, 0.25) is 0 Å². The maximum atomic E-state index is 13.3. The number of pyridine rings is 1. The zero-order valence-electron chi connectivity index (χ0n) is 20.8. The molecule has 4 aliphatic rings. The zero-order valence-corrected chi connectivity index (χ0v) is 20.8. The standard InChI is InChI=1S/C25H37N7O2/c1-16-21-22(32(29-16)18-8-6-5-7-9-18)24(33)28-23(27-21)19-10-11-20(26-25(19)34-4)31-14-12-17(13-15-31)30(2)3/h10-11,17-18,21-22H,5-9,12-15H2,1-4H3,(H,27,28,33). The number of aromatic nitrogens is 1. The molecule has 1 aliphatic carbocycles. The van der Waals surface area contributed by atoms with Crippen LogP contribution in [-0.2, 0) is 4.79 Å². The number of piperidine rings is 1. The molecule has 0 aromatic carbocycles. The molecule has 0 radical (unpaired) electrons. The molecule has 1 saturated heterocycles. The lowest BCUT2D eigenvalue weighted by Crippen LogP contribution is -2.56. The molecule has 4 heterocycles. The number of fused-ring (bicyclic) bond motifs is 1. The van der Waals surface area contributed by atoms with Gasteiger partial charge in [-0.2, -0.15) is 10.1 Å². The summed E-state index contributed by atoms with van der Waals surface area (Å²) in [4.78, 5) is 27.6. The van der Waals surface area contributed by atoms with Crippen molar-refractivity contribution in [1.82, 2.24) is 20.2 Å². The largest absolute Gasteiger partial charge is 0.480 e. The van der Waals surface area contributed by atoms with Crippen molar-refractivity contribution in [2.75, 3.05) is 39.2 Å². The van der Waals surface area contributed by atoms with Gasteiger partial charge in [-0.1, -0.05) is 19.3 Å². The fraction of sp³-hybridized carbons (Fsp3) is 0.680. The molecular formula is C25H37N7O2. The summed E-state index contributed by atoms with van der Waals surface area (Å²) in [5.74, 6) is 1.87. The number of nitrogens with one attached hydrogen (secondary N) is 1. The van der Waals surface area contributed by atoms with Crippen molar-refractivity contribution in [1.29, 1.82) is 0 Å². The lowest BCUT2D eigenvalue weighted by atomic mass is 9.93. The van der Waals surface area contributed by atoms with Gasteiger partial charge in [0.25, 0.3) is 5.91 Å². The molecule has 0 spiro atoms. The van der Waals surface area contributed by atoms with Gasteiger partial charge in [-0.25, -0.2) is 0 Å². The molecule has 1 amide bonds. The topological polar surface area (TPSA) is 85.7 Å². The van der Waals surface area contributed by atoms with Crippen molar-refractivity contribution in [3.63, 3.8) is 0 Å². The molecule has 2 fully saturated rings. The highest BCUT2D eigenvalue weighted by Gasteiger charge is 2.46. The highest BCUT2D eigenvalue weighted by molar-refractivity contribution is 6.15. The first-order valence-electron chi connectivity index (χ1n) is 12.6. The number of aliphatic imine (C=N–C) groups is 1. The van der Waals surface area contributed by atoms with Crippen LogP contribution in [0.3, 0.4) is 0 Å². The Morgan fingerprint density at radius 2 is 1.82 bits per heavy atom. The summed E-state index contributed by atoms with van der Waals surface area (Å²) < 4.78 is 5.66. The van der Waals surface area contributed by atoms with Crippen LogP contribution in [0.5, 0.6) is 5.88 Å². The first-order valence-corrected chi connectivity index (χ1v) is 12.6. The number of rotatable bonds is 5. The molecule has 9 heteroatoms. The predicted octanol–water partition coefficient (Wildman–Crippen LogP) is 2.26. The van der Waals surface area contributed by atoms with E-state index in [1.54, 1.807) is 7.11 Å². The molecule has 1 aromatic rings. The fourth-order valence-electron chi connectivity index (χ4n) is 5.81. The van der Waals surface area contributed by atoms with E-state index in [9.17, 15) is 4.79 Å². The number of hydrogen-bond acceptors (Lipinski definition) is 8. The van der Waals surface area contributed by atoms with Gasteiger partial charge in [0.15, 0.2) is 6.04 Å². The predicted molar refractivity (Wildman–Crippen MR) is 134 cm³/mol. The number of carbonyl (C=O) groups excluding carboxylic acids is 1. The molecule has 184 valence electrons. The highest BCUT2D eigenvalue weighted by atomic mass is 16.5. The summed E-state index contributed by atoms with van der Waals surface area (Å²) in [5, 5.41) is 9.87. The van der Waals surface area contributed by atoms with Crippen LogP contribution in [0, 0.1) is 0 Å². The van der Waals surface area contributed by atoms with Crippen LogP contribution in [0.15, 0.2) is 22.2 Å². The maximum absolute atomic E-state index is 13.3. The van der Waals surface area contributed by atoms with E-state index in [2.05, 4.69) is 29.2 Å². The SMILES string of the molecule is COc1nc(N2CCC(N(C)C)CC2)ccc1C1=NC2C(C)=NN(C3CCCCC3)C2C(=O)N1. The highest BCUT2D eigenvalue weighted by Crippen LogP contribution is 2.32. The summed E-state index contributed by atoms with van der Waals surface area (Å²) in [5.41, 5.74) is 1.61. The van der Waals surface area contributed by atoms with Crippen molar-refractivity contribution >= 4 is 23.3 Å². The van der Waals surface area contributed by atoms with Crippen LogP contribution in [0.4, 0.5) is 5.82 Å². The van der Waals surface area contributed by atoms with Gasteiger partial charge >= 0.3 is 0 Å². The lowest BCUT2D eigenvalue weighted by Gasteiger charge is -2.36. The van der Waals surface area contributed by atoms with Crippen LogP contribution in [0.25, 0.3) is 0 Å². The van der Waals surface area contributed by atoms with Crippen molar-refractivity contribution in [3.05, 3.63) is 17.7 Å². The number of ether oxygens (including phenoxy) is 1. The Hall–Kier alpha value is -2.68. The van der Waals surface area contributed by atoms with Gasteiger partial charge in [0.05, 0.1) is 18.4 Å². The Bertz CT molecular complexity index is 977. The number of carbonyl (C=O) groups is 1. The molecule has 2 unspecified atom stereocenters. The quantitative estimate of drug-likeness (QED) is 0.715. The van der Waals surface area contributed by atoms with Gasteiger partial charge in [-0.15, -0.1) is 0 Å². The molecule has 1 saturated carbocycles. The van der Waals surface area contributed by atoms with Crippen molar-refractivity contribution in [2.45, 2.75) is 76.0 Å². The number of hydrazone groups is 1. The molecule has 1 N–H and O–H groups in total. The summed E-state index contributed by atoms with van der Waals surface area (Å²) in [6, 6.07) is 4.30. The van der Waals surface area contributed by atoms with Crippen molar-refractivity contribution in [3.8, 4) is 5.88 Å². The Kier molecular flexibility index (Phi) is 6.46. The van der Waals surface area contributed by atoms with E-state index in [-0.39, 0.29) is 18.0 Å². The number of amidine groups is 1. The number of methoxy groups -OCH3 is 1. The van der Waals surface area contributed by atoms with Gasteiger partial charge in [-0.05, 0) is 58.8 Å². The van der Waals surface area contributed by atoms with Crippen LogP contribution in [0.1, 0.15) is 57.4 Å². The van der Waals surface area contributed by atoms with Gasteiger partial charge in [0, 0.05) is 25.2 Å². The average molecular weight is 468 g/mol. The van der Waals surface area contributed by atoms with Gasteiger partial charge in [0.2, 0.25) is 5.88 Å². The summed E-state index contributed by atoms with van der Waals surface area (Å²) in [6.07, 6.45) is 8.08. The Morgan fingerprint density at radius 3 is 2.50 bits per heavy atom. The first kappa shape index (κ1) is 23.1. The molecule has 1 aromatic heterocycles. The monoisotopic (exact) mass is 467 g/mol. The van der Waals surface area contributed by atoms with E-state index in [0.717, 1.165) is 50.3 Å². The maximum Gasteiger partial charge on any atom is 0.252 e. The summed E-state index contributed by atoms with van der Waals surface area (Å²) >= 11 is 0. The number of nitrogens with zero attached hydrogens (tertiary/aromatic N) is 6. The van der Waals surface area contributed by atoms with Crippen LogP contribution in [-0.4, -0.2) is 90.8 Å². The third-order valence-corrected chi connectivity index (χ3v) is 7.83.